The van der Waals surface area contributed by atoms with Crippen molar-refractivity contribution >= 4 is 16.0 Å². The Balaban J connectivity index is 1.79. The number of carboxylic acids is 1. The van der Waals surface area contributed by atoms with Gasteiger partial charge in [-0.1, -0.05) is 19.1 Å². The largest absolute Gasteiger partial charge is 0.481 e. The Morgan fingerprint density at radius 2 is 1.91 bits per heavy atom. The van der Waals surface area contributed by atoms with Gasteiger partial charge in [0.2, 0.25) is 10.0 Å². The van der Waals surface area contributed by atoms with Crippen LogP contribution < -0.4 is 5.32 Å². The number of carbonyl (C=O) groups is 1. The summed E-state index contributed by atoms with van der Waals surface area (Å²) in [5, 5.41) is 12.7. The first-order valence-corrected chi connectivity index (χ1v) is 12.2. The van der Waals surface area contributed by atoms with Crippen molar-refractivity contribution in [1.29, 1.82) is 0 Å². The lowest BCUT2D eigenvalue weighted by Crippen LogP contribution is -2.48. The highest BCUT2D eigenvalue weighted by atomic mass is 32.2. The number of rotatable bonds is 4. The first kappa shape index (κ1) is 24.6. The number of fused-ring (bicyclic) bond motifs is 1. The molecule has 0 saturated carbocycles. The number of carboxylic acid groups (broad SMARTS) is 1. The molecule has 1 aliphatic carbocycles. The summed E-state index contributed by atoms with van der Waals surface area (Å²) in [5.74, 6) is -3.62. The van der Waals surface area contributed by atoms with Crippen molar-refractivity contribution in [2.45, 2.75) is 43.3 Å². The molecule has 0 spiro atoms. The van der Waals surface area contributed by atoms with Crippen LogP contribution in [0.1, 0.15) is 46.7 Å². The van der Waals surface area contributed by atoms with Crippen LogP contribution in [0.25, 0.3) is 0 Å². The summed E-state index contributed by atoms with van der Waals surface area (Å²) < 4.78 is 82.1. The van der Waals surface area contributed by atoms with E-state index >= 15 is 0 Å². The van der Waals surface area contributed by atoms with Crippen molar-refractivity contribution < 1.29 is 35.9 Å². The Bertz CT molecular complexity index is 1250. The van der Waals surface area contributed by atoms with Crippen LogP contribution in [0.4, 0.5) is 17.6 Å². The molecule has 2 aromatic carbocycles. The van der Waals surface area contributed by atoms with Crippen molar-refractivity contribution in [3.63, 3.8) is 0 Å². The van der Waals surface area contributed by atoms with Gasteiger partial charge in [0.25, 0.3) is 0 Å². The van der Waals surface area contributed by atoms with E-state index in [1.54, 1.807) is 19.9 Å². The summed E-state index contributed by atoms with van der Waals surface area (Å²) in [6.07, 6.45) is -4.59. The molecule has 1 fully saturated rings. The van der Waals surface area contributed by atoms with Crippen molar-refractivity contribution in [2.24, 2.45) is 5.92 Å². The number of halogens is 4. The zero-order valence-electron chi connectivity index (χ0n) is 18.5. The molecule has 1 aliphatic heterocycles. The molecule has 1 saturated heterocycles. The van der Waals surface area contributed by atoms with E-state index < -0.39 is 45.5 Å². The SMILES string of the molecule is Cc1cc2c(c(S(=O)(=O)N3CCNCC3c3ccc(C(F)(F)F)c(F)c3)c1)C[C@@H](C)[C@H]2C(=O)O. The van der Waals surface area contributed by atoms with Crippen LogP contribution >= 0.6 is 0 Å². The number of aryl methyl sites for hydroxylation is 1. The van der Waals surface area contributed by atoms with E-state index in [0.29, 0.717) is 29.3 Å². The summed E-state index contributed by atoms with van der Waals surface area (Å²) in [5.41, 5.74) is 0.180. The van der Waals surface area contributed by atoms with Gasteiger partial charge >= 0.3 is 12.1 Å². The number of piperazine rings is 1. The van der Waals surface area contributed by atoms with E-state index in [-0.39, 0.29) is 35.9 Å². The van der Waals surface area contributed by atoms with Crippen molar-refractivity contribution in [1.82, 2.24) is 9.62 Å². The molecule has 0 amide bonds. The van der Waals surface area contributed by atoms with Gasteiger partial charge in [0.15, 0.2) is 0 Å². The predicted octanol–water partition coefficient (Wildman–Crippen LogP) is 3.85. The Morgan fingerprint density at radius 1 is 1.21 bits per heavy atom. The van der Waals surface area contributed by atoms with Gasteiger partial charge in [0.05, 0.1) is 22.4 Å². The summed E-state index contributed by atoms with van der Waals surface area (Å²) in [7, 11) is -4.18. The van der Waals surface area contributed by atoms with Gasteiger partial charge in [-0.15, -0.1) is 0 Å². The molecule has 34 heavy (non-hydrogen) atoms. The molecule has 2 aromatic rings. The molecule has 3 atom stereocenters. The molecule has 0 bridgehead atoms. The minimum absolute atomic E-state index is 0.00242. The quantitative estimate of drug-likeness (QED) is 0.623. The molecule has 6 nitrogen and oxygen atoms in total. The average molecular weight is 501 g/mol. The maximum Gasteiger partial charge on any atom is 0.419 e. The van der Waals surface area contributed by atoms with Gasteiger partial charge in [-0.3, -0.25) is 4.79 Å². The highest BCUT2D eigenvalue weighted by molar-refractivity contribution is 7.89. The maximum atomic E-state index is 14.3. The summed E-state index contributed by atoms with van der Waals surface area (Å²) in [6.45, 7) is 3.86. The second-order valence-corrected chi connectivity index (χ2v) is 10.8. The minimum atomic E-state index is -4.86. The zero-order chi connectivity index (χ0) is 25.0. The van der Waals surface area contributed by atoms with Crippen LogP contribution in [0.3, 0.4) is 0 Å². The van der Waals surface area contributed by atoms with E-state index in [9.17, 15) is 35.9 Å². The molecule has 11 heteroatoms. The number of benzene rings is 2. The Morgan fingerprint density at radius 3 is 2.53 bits per heavy atom. The lowest BCUT2D eigenvalue weighted by molar-refractivity contribution is -0.140. The maximum absolute atomic E-state index is 14.3. The van der Waals surface area contributed by atoms with Crippen molar-refractivity contribution in [3.05, 3.63) is 64.0 Å². The van der Waals surface area contributed by atoms with E-state index in [1.165, 1.54) is 10.4 Å². The molecule has 1 unspecified atom stereocenters. The molecule has 1 heterocycles. The standard InChI is InChI=1S/C23H24F4N2O4S/c1-12-7-16-15(9-13(2)21(16)22(30)31)20(8-12)34(32,33)29-6-5-28-11-19(29)14-3-4-17(18(24)10-14)23(25,26)27/h3-4,7-8,10,13,19,21,28H,5-6,9,11H2,1-2H3,(H,30,31)/t13-,19?,21-/m1/s1. The van der Waals surface area contributed by atoms with Crippen LogP contribution in [0.2, 0.25) is 0 Å². The second-order valence-electron chi connectivity index (χ2n) is 8.90. The van der Waals surface area contributed by atoms with E-state index in [0.717, 1.165) is 12.1 Å². The van der Waals surface area contributed by atoms with Crippen LogP contribution in [0.5, 0.6) is 0 Å². The normalized spacial score (nSPS) is 23.6. The third kappa shape index (κ3) is 4.20. The van der Waals surface area contributed by atoms with Crippen LogP contribution in [-0.2, 0) is 27.4 Å². The Hall–Kier alpha value is -2.50. The Labute approximate surface area is 194 Å². The van der Waals surface area contributed by atoms with Gasteiger partial charge in [-0.25, -0.2) is 12.8 Å². The number of nitrogens with one attached hydrogen (secondary N) is 1. The number of hydrogen-bond donors (Lipinski definition) is 2. The van der Waals surface area contributed by atoms with Crippen LogP contribution in [-0.4, -0.2) is 43.4 Å². The van der Waals surface area contributed by atoms with Gasteiger partial charge in [0, 0.05) is 19.6 Å². The molecular weight excluding hydrogens is 476 g/mol. The molecular formula is C23H24F4N2O4S. The smallest absolute Gasteiger partial charge is 0.419 e. The number of alkyl halides is 3. The third-order valence-corrected chi connectivity index (χ3v) is 8.52. The van der Waals surface area contributed by atoms with E-state index in [2.05, 4.69) is 5.32 Å². The molecule has 2 N–H and O–H groups in total. The number of nitrogens with zero attached hydrogens (tertiary/aromatic N) is 1. The fraction of sp³-hybridized carbons (Fsp3) is 0.435. The van der Waals surface area contributed by atoms with Crippen molar-refractivity contribution in [2.75, 3.05) is 19.6 Å². The van der Waals surface area contributed by atoms with Gasteiger partial charge in [0.1, 0.15) is 5.82 Å². The number of hydrogen-bond acceptors (Lipinski definition) is 4. The number of sulfonamides is 1. The van der Waals surface area contributed by atoms with Gasteiger partial charge in [-0.2, -0.15) is 17.5 Å². The molecule has 4 rings (SSSR count). The van der Waals surface area contributed by atoms with Crippen LogP contribution in [0.15, 0.2) is 35.2 Å². The predicted molar refractivity (Wildman–Crippen MR) is 115 cm³/mol. The lowest BCUT2D eigenvalue weighted by atomic mass is 9.94. The topological polar surface area (TPSA) is 86.7 Å². The zero-order valence-corrected chi connectivity index (χ0v) is 19.3. The highest BCUT2D eigenvalue weighted by Crippen LogP contribution is 2.43. The van der Waals surface area contributed by atoms with Gasteiger partial charge < -0.3 is 10.4 Å². The fourth-order valence-electron chi connectivity index (χ4n) is 5.01. The minimum Gasteiger partial charge on any atom is -0.481 e. The van der Waals surface area contributed by atoms with E-state index in [4.69, 9.17) is 0 Å². The van der Waals surface area contributed by atoms with Crippen molar-refractivity contribution in [3.8, 4) is 0 Å². The summed E-state index contributed by atoms with van der Waals surface area (Å²) in [6, 6.07) is 4.70. The lowest BCUT2D eigenvalue weighted by Gasteiger charge is -2.36. The van der Waals surface area contributed by atoms with Crippen LogP contribution in [0, 0.1) is 18.7 Å². The van der Waals surface area contributed by atoms with E-state index in [1.807, 2.05) is 0 Å². The summed E-state index contributed by atoms with van der Waals surface area (Å²) >= 11 is 0. The molecule has 184 valence electrons. The monoisotopic (exact) mass is 500 g/mol. The molecule has 0 radical (unpaired) electrons. The first-order chi connectivity index (χ1) is 15.8. The highest BCUT2D eigenvalue weighted by Gasteiger charge is 2.42. The first-order valence-electron chi connectivity index (χ1n) is 10.8. The summed E-state index contributed by atoms with van der Waals surface area (Å²) in [4.78, 5) is 11.8. The molecule has 0 aromatic heterocycles. The fourth-order valence-corrected chi connectivity index (χ4v) is 6.97. The number of aliphatic carboxylic acids is 1. The second kappa shape index (κ2) is 8.62. The molecule has 2 aliphatic rings. The average Bonchev–Trinajstić information content (AvgIpc) is 3.07. The third-order valence-electron chi connectivity index (χ3n) is 6.55. The Kier molecular flexibility index (Phi) is 6.24. The van der Waals surface area contributed by atoms with Gasteiger partial charge in [-0.05, 0) is 59.7 Å².